The summed E-state index contributed by atoms with van der Waals surface area (Å²) in [4.78, 5) is 23.9. The maximum atomic E-state index is 13.8. The molecule has 4 aromatic rings. The molecule has 1 saturated heterocycles. The predicted octanol–water partition coefficient (Wildman–Crippen LogP) is 4.82. The van der Waals surface area contributed by atoms with E-state index in [1.807, 2.05) is 42.3 Å². The van der Waals surface area contributed by atoms with E-state index >= 15 is 0 Å². The summed E-state index contributed by atoms with van der Waals surface area (Å²) in [5.41, 5.74) is 7.81. The van der Waals surface area contributed by atoms with Crippen LogP contribution >= 0.6 is 0 Å². The molecule has 5 rings (SSSR count). The fraction of sp³-hybridized carbons (Fsp3) is 0.240. The molecule has 3 heterocycles. The number of aryl methyl sites for hydroxylation is 3. The number of imidazole rings is 1. The summed E-state index contributed by atoms with van der Waals surface area (Å²) < 4.78 is 1.74. The van der Waals surface area contributed by atoms with E-state index in [4.69, 9.17) is 4.98 Å². The monoisotopic (exact) mass is 411 g/mol. The van der Waals surface area contributed by atoms with Crippen molar-refractivity contribution in [3.8, 4) is 5.69 Å². The van der Waals surface area contributed by atoms with Gasteiger partial charge in [-0.1, -0.05) is 23.8 Å². The number of fused-ring (bicyclic) bond motifs is 1. The molecule has 0 spiro atoms. The number of carbonyl (C=O) groups is 1. The van der Waals surface area contributed by atoms with Gasteiger partial charge in [0.15, 0.2) is 0 Å². The Morgan fingerprint density at radius 1 is 1.16 bits per heavy atom. The standard InChI is InChI=1S/C25H25N5O/c1-15-6-7-22(30-9-5-8-26-30)19(10-15)25(31)29-14-16(2)11-23(29)24-27-20-12-17(3)18(4)13-21(20)28-24/h5-10,12-13,23H,2,11,14H2,1,3-4H3,(H,27,28). The lowest BCUT2D eigenvalue weighted by Gasteiger charge is -2.24. The second-order valence-electron chi connectivity index (χ2n) is 8.45. The molecule has 0 radical (unpaired) electrons. The largest absolute Gasteiger partial charge is 0.340 e. The van der Waals surface area contributed by atoms with E-state index in [2.05, 4.69) is 42.6 Å². The van der Waals surface area contributed by atoms with Crippen molar-refractivity contribution in [2.45, 2.75) is 33.2 Å². The Balaban J connectivity index is 1.56. The number of benzene rings is 2. The molecule has 1 unspecified atom stereocenters. The number of aromatic amines is 1. The van der Waals surface area contributed by atoms with Crippen molar-refractivity contribution in [1.29, 1.82) is 0 Å². The first-order valence-corrected chi connectivity index (χ1v) is 10.5. The molecule has 1 amide bonds. The number of rotatable bonds is 3. The lowest BCUT2D eigenvalue weighted by molar-refractivity contribution is 0.0732. The SMILES string of the molecule is C=C1CC(c2nc3cc(C)c(C)cc3[nH]2)N(C(=O)c2cc(C)ccc2-n2cccn2)C1. The molecule has 1 aliphatic heterocycles. The number of nitrogens with one attached hydrogen (secondary N) is 1. The minimum Gasteiger partial charge on any atom is -0.340 e. The average molecular weight is 412 g/mol. The van der Waals surface area contributed by atoms with Gasteiger partial charge in [-0.15, -0.1) is 0 Å². The Labute approximate surface area is 181 Å². The van der Waals surface area contributed by atoms with Crippen LogP contribution < -0.4 is 0 Å². The molecule has 1 aliphatic rings. The van der Waals surface area contributed by atoms with Crippen molar-refractivity contribution in [3.63, 3.8) is 0 Å². The molecule has 0 bridgehead atoms. The highest BCUT2D eigenvalue weighted by molar-refractivity contribution is 5.98. The summed E-state index contributed by atoms with van der Waals surface area (Å²) in [5.74, 6) is 0.769. The van der Waals surface area contributed by atoms with Crippen molar-refractivity contribution < 1.29 is 4.79 Å². The number of likely N-dealkylation sites (tertiary alicyclic amines) is 1. The zero-order valence-electron chi connectivity index (χ0n) is 18.0. The normalized spacial score (nSPS) is 16.4. The summed E-state index contributed by atoms with van der Waals surface area (Å²) in [5, 5.41) is 4.33. The van der Waals surface area contributed by atoms with E-state index < -0.39 is 0 Å². The number of carbonyl (C=O) groups excluding carboxylic acids is 1. The van der Waals surface area contributed by atoms with Crippen LogP contribution in [0.25, 0.3) is 16.7 Å². The molecule has 2 aromatic heterocycles. The Morgan fingerprint density at radius 2 is 1.97 bits per heavy atom. The molecule has 1 N–H and O–H groups in total. The van der Waals surface area contributed by atoms with Crippen molar-refractivity contribution in [2.24, 2.45) is 0 Å². The van der Waals surface area contributed by atoms with Gasteiger partial charge in [-0.05, 0) is 68.7 Å². The first kappa shape index (κ1) is 19.3. The summed E-state index contributed by atoms with van der Waals surface area (Å²) in [7, 11) is 0. The van der Waals surface area contributed by atoms with Gasteiger partial charge in [-0.25, -0.2) is 9.67 Å². The molecular formula is C25H25N5O. The van der Waals surface area contributed by atoms with Gasteiger partial charge in [-0.2, -0.15) is 5.10 Å². The smallest absolute Gasteiger partial charge is 0.256 e. The van der Waals surface area contributed by atoms with Crippen molar-refractivity contribution >= 4 is 16.9 Å². The van der Waals surface area contributed by atoms with Gasteiger partial charge in [0.25, 0.3) is 5.91 Å². The summed E-state index contributed by atoms with van der Waals surface area (Å²) >= 11 is 0. The summed E-state index contributed by atoms with van der Waals surface area (Å²) in [6, 6.07) is 11.8. The van der Waals surface area contributed by atoms with E-state index in [0.717, 1.165) is 33.7 Å². The molecule has 31 heavy (non-hydrogen) atoms. The maximum Gasteiger partial charge on any atom is 0.256 e. The molecule has 6 heteroatoms. The van der Waals surface area contributed by atoms with E-state index in [-0.39, 0.29) is 11.9 Å². The Hall–Kier alpha value is -3.67. The molecular weight excluding hydrogens is 386 g/mol. The van der Waals surface area contributed by atoms with Gasteiger partial charge in [-0.3, -0.25) is 4.79 Å². The fourth-order valence-electron chi connectivity index (χ4n) is 4.29. The van der Waals surface area contributed by atoms with E-state index in [9.17, 15) is 4.79 Å². The Bertz CT molecular complexity index is 1280. The summed E-state index contributed by atoms with van der Waals surface area (Å²) in [6.07, 6.45) is 4.27. The maximum absolute atomic E-state index is 13.8. The van der Waals surface area contributed by atoms with Gasteiger partial charge in [0.2, 0.25) is 0 Å². The van der Waals surface area contributed by atoms with Crippen LogP contribution in [0.2, 0.25) is 0 Å². The number of aromatic nitrogens is 4. The summed E-state index contributed by atoms with van der Waals surface area (Å²) in [6.45, 7) is 10.9. The van der Waals surface area contributed by atoms with Crippen LogP contribution in [-0.2, 0) is 0 Å². The average Bonchev–Trinajstić information content (AvgIpc) is 3.47. The minimum absolute atomic E-state index is 0.0364. The fourth-order valence-corrected chi connectivity index (χ4v) is 4.29. The second kappa shape index (κ2) is 7.23. The molecule has 1 atom stereocenters. The third kappa shape index (κ3) is 3.34. The van der Waals surface area contributed by atoms with E-state index in [1.54, 1.807) is 10.9 Å². The van der Waals surface area contributed by atoms with Crippen molar-refractivity contribution in [2.75, 3.05) is 6.54 Å². The highest BCUT2D eigenvalue weighted by Gasteiger charge is 2.35. The van der Waals surface area contributed by atoms with Crippen LogP contribution in [0.5, 0.6) is 0 Å². The second-order valence-corrected chi connectivity index (χ2v) is 8.45. The van der Waals surface area contributed by atoms with Gasteiger partial charge in [0.05, 0.1) is 28.3 Å². The van der Waals surface area contributed by atoms with Gasteiger partial charge >= 0.3 is 0 Å². The zero-order chi connectivity index (χ0) is 21.7. The number of H-pyrrole nitrogens is 1. The number of hydrogen-bond donors (Lipinski definition) is 1. The van der Waals surface area contributed by atoms with Gasteiger partial charge in [0, 0.05) is 18.9 Å². The van der Waals surface area contributed by atoms with E-state index in [1.165, 1.54) is 11.1 Å². The van der Waals surface area contributed by atoms with Crippen LogP contribution in [-0.4, -0.2) is 37.1 Å². The first-order chi connectivity index (χ1) is 14.9. The zero-order valence-corrected chi connectivity index (χ0v) is 18.0. The van der Waals surface area contributed by atoms with Crippen LogP contribution in [0.4, 0.5) is 0 Å². The van der Waals surface area contributed by atoms with Gasteiger partial charge < -0.3 is 9.88 Å². The van der Waals surface area contributed by atoms with Crippen LogP contribution in [0.15, 0.2) is 60.9 Å². The molecule has 1 fully saturated rings. The lowest BCUT2D eigenvalue weighted by Crippen LogP contribution is -2.32. The highest BCUT2D eigenvalue weighted by Crippen LogP contribution is 2.36. The molecule has 6 nitrogen and oxygen atoms in total. The van der Waals surface area contributed by atoms with Crippen molar-refractivity contribution in [1.82, 2.24) is 24.6 Å². The van der Waals surface area contributed by atoms with Gasteiger partial charge in [0.1, 0.15) is 5.82 Å². The number of hydrogen-bond acceptors (Lipinski definition) is 3. The quantitative estimate of drug-likeness (QED) is 0.492. The van der Waals surface area contributed by atoms with Crippen LogP contribution in [0.1, 0.15) is 45.3 Å². The molecule has 0 saturated carbocycles. The molecule has 156 valence electrons. The topological polar surface area (TPSA) is 66.8 Å². The minimum atomic E-state index is -0.168. The highest BCUT2D eigenvalue weighted by atomic mass is 16.2. The predicted molar refractivity (Wildman–Crippen MR) is 121 cm³/mol. The number of amides is 1. The van der Waals surface area contributed by atoms with Crippen LogP contribution in [0.3, 0.4) is 0 Å². The van der Waals surface area contributed by atoms with E-state index in [0.29, 0.717) is 18.5 Å². The first-order valence-electron chi connectivity index (χ1n) is 10.5. The van der Waals surface area contributed by atoms with Crippen molar-refractivity contribution in [3.05, 3.63) is 89.0 Å². The Kier molecular flexibility index (Phi) is 4.50. The third-order valence-electron chi connectivity index (χ3n) is 6.08. The lowest BCUT2D eigenvalue weighted by atomic mass is 10.1. The number of nitrogens with zero attached hydrogens (tertiary/aromatic N) is 4. The third-order valence-corrected chi connectivity index (χ3v) is 6.08. The van der Waals surface area contributed by atoms with Crippen LogP contribution in [0, 0.1) is 20.8 Å². The molecule has 0 aliphatic carbocycles. The Morgan fingerprint density at radius 3 is 2.74 bits per heavy atom. The molecule has 2 aromatic carbocycles.